The SMILES string of the molecule is CC(NC(=O)c1cc(N)ccn1)c1ncc(C(=O)Nc2cc(C(F)(F)F)c(Cl)cn2)s1. The molecule has 0 fully saturated rings. The smallest absolute Gasteiger partial charge is 0.399 e. The molecular weight excluding hydrogens is 457 g/mol. The highest BCUT2D eigenvalue weighted by molar-refractivity contribution is 7.13. The van der Waals surface area contributed by atoms with Gasteiger partial charge in [-0.25, -0.2) is 9.97 Å². The van der Waals surface area contributed by atoms with E-state index in [2.05, 4.69) is 25.6 Å². The minimum absolute atomic E-state index is 0.114. The fourth-order valence-corrected chi connectivity index (χ4v) is 3.42. The van der Waals surface area contributed by atoms with Crippen LogP contribution in [0.25, 0.3) is 0 Å². The van der Waals surface area contributed by atoms with Crippen molar-refractivity contribution in [2.75, 3.05) is 11.1 Å². The van der Waals surface area contributed by atoms with Crippen LogP contribution in [0.5, 0.6) is 0 Å². The maximum atomic E-state index is 13.0. The molecule has 0 aliphatic rings. The van der Waals surface area contributed by atoms with E-state index in [9.17, 15) is 22.8 Å². The van der Waals surface area contributed by atoms with Crippen LogP contribution in [0.1, 0.15) is 43.7 Å². The molecule has 0 aliphatic heterocycles. The Labute approximate surface area is 182 Å². The zero-order valence-corrected chi connectivity index (χ0v) is 17.3. The summed E-state index contributed by atoms with van der Waals surface area (Å²) in [6.07, 6.45) is -1.24. The van der Waals surface area contributed by atoms with Crippen LogP contribution in [0, 0.1) is 0 Å². The number of rotatable bonds is 5. The molecule has 3 aromatic rings. The van der Waals surface area contributed by atoms with Crippen molar-refractivity contribution < 1.29 is 22.8 Å². The predicted molar refractivity (Wildman–Crippen MR) is 109 cm³/mol. The third kappa shape index (κ3) is 5.47. The number of nitrogens with one attached hydrogen (secondary N) is 2. The van der Waals surface area contributed by atoms with Gasteiger partial charge in [0, 0.05) is 18.1 Å². The van der Waals surface area contributed by atoms with E-state index in [0.717, 1.165) is 17.5 Å². The highest BCUT2D eigenvalue weighted by atomic mass is 35.5. The first-order valence-electron chi connectivity index (χ1n) is 8.57. The molecule has 1 atom stereocenters. The van der Waals surface area contributed by atoms with E-state index < -0.39 is 34.6 Å². The number of nitrogen functional groups attached to an aromatic ring is 1. The predicted octanol–water partition coefficient (Wildman–Crippen LogP) is 3.93. The van der Waals surface area contributed by atoms with Crippen LogP contribution in [0.4, 0.5) is 24.7 Å². The number of hydrogen-bond donors (Lipinski definition) is 3. The molecule has 2 amide bonds. The van der Waals surface area contributed by atoms with Crippen LogP contribution < -0.4 is 16.4 Å². The van der Waals surface area contributed by atoms with Gasteiger partial charge in [0.15, 0.2) is 0 Å². The van der Waals surface area contributed by atoms with Gasteiger partial charge < -0.3 is 16.4 Å². The van der Waals surface area contributed by atoms with Crippen LogP contribution >= 0.6 is 22.9 Å². The molecule has 3 aromatic heterocycles. The first-order chi connectivity index (χ1) is 14.5. The number of nitrogens with zero attached hydrogens (tertiary/aromatic N) is 3. The quantitative estimate of drug-likeness (QED) is 0.519. The minimum Gasteiger partial charge on any atom is -0.399 e. The summed E-state index contributed by atoms with van der Waals surface area (Å²) in [6.45, 7) is 1.65. The maximum Gasteiger partial charge on any atom is 0.418 e. The summed E-state index contributed by atoms with van der Waals surface area (Å²) in [7, 11) is 0. The first kappa shape index (κ1) is 22.4. The van der Waals surface area contributed by atoms with E-state index in [1.807, 2.05) is 0 Å². The summed E-state index contributed by atoms with van der Waals surface area (Å²) in [5.41, 5.74) is 5.02. The van der Waals surface area contributed by atoms with E-state index >= 15 is 0 Å². The number of hydrogen-bond acceptors (Lipinski definition) is 7. The largest absolute Gasteiger partial charge is 0.418 e. The molecule has 3 rings (SSSR count). The zero-order chi connectivity index (χ0) is 22.8. The molecule has 8 nitrogen and oxygen atoms in total. The number of thiazole rings is 1. The molecule has 1 unspecified atom stereocenters. The number of nitrogens with two attached hydrogens (primary N) is 1. The van der Waals surface area contributed by atoms with Crippen molar-refractivity contribution >= 4 is 46.3 Å². The second-order valence-electron chi connectivity index (χ2n) is 6.23. The molecule has 162 valence electrons. The van der Waals surface area contributed by atoms with Crippen LogP contribution in [0.2, 0.25) is 5.02 Å². The lowest BCUT2D eigenvalue weighted by Crippen LogP contribution is -2.27. The molecule has 31 heavy (non-hydrogen) atoms. The summed E-state index contributed by atoms with van der Waals surface area (Å²) in [4.78, 5) is 36.4. The average molecular weight is 471 g/mol. The Bertz CT molecular complexity index is 1140. The Morgan fingerprint density at radius 1 is 1.16 bits per heavy atom. The number of amides is 2. The highest BCUT2D eigenvalue weighted by Gasteiger charge is 2.34. The van der Waals surface area contributed by atoms with E-state index in [4.69, 9.17) is 17.3 Å². The molecule has 0 bridgehead atoms. The van der Waals surface area contributed by atoms with Gasteiger partial charge >= 0.3 is 6.18 Å². The van der Waals surface area contributed by atoms with Crippen molar-refractivity contribution in [3.05, 3.63) is 63.0 Å². The zero-order valence-electron chi connectivity index (χ0n) is 15.7. The summed E-state index contributed by atoms with van der Waals surface area (Å²) in [5.74, 6) is -1.50. The van der Waals surface area contributed by atoms with Crippen LogP contribution in [-0.4, -0.2) is 26.8 Å². The number of halogens is 4. The Balaban J connectivity index is 1.69. The van der Waals surface area contributed by atoms with Crippen molar-refractivity contribution in [3.8, 4) is 0 Å². The van der Waals surface area contributed by atoms with Gasteiger partial charge in [0.05, 0.1) is 22.8 Å². The van der Waals surface area contributed by atoms with E-state index in [0.29, 0.717) is 16.8 Å². The number of alkyl halides is 3. The van der Waals surface area contributed by atoms with Gasteiger partial charge in [-0.15, -0.1) is 11.3 Å². The topological polar surface area (TPSA) is 123 Å². The molecule has 13 heteroatoms. The highest BCUT2D eigenvalue weighted by Crippen LogP contribution is 2.35. The van der Waals surface area contributed by atoms with Crippen molar-refractivity contribution in [3.63, 3.8) is 0 Å². The lowest BCUT2D eigenvalue weighted by Gasteiger charge is -2.11. The Hall–Kier alpha value is -3.25. The van der Waals surface area contributed by atoms with E-state index in [1.165, 1.54) is 18.5 Å². The first-order valence-corrected chi connectivity index (χ1v) is 9.76. The summed E-state index contributed by atoms with van der Waals surface area (Å²) in [6, 6.07) is 3.03. The van der Waals surface area contributed by atoms with E-state index in [-0.39, 0.29) is 16.4 Å². The number of aromatic nitrogens is 3. The molecule has 0 radical (unpaired) electrons. The lowest BCUT2D eigenvalue weighted by atomic mass is 10.2. The second-order valence-corrected chi connectivity index (χ2v) is 7.70. The third-order valence-electron chi connectivity index (χ3n) is 3.88. The monoisotopic (exact) mass is 470 g/mol. The fraction of sp³-hybridized carbons (Fsp3) is 0.167. The normalized spacial score (nSPS) is 12.3. The molecule has 0 saturated heterocycles. The number of pyridine rings is 2. The van der Waals surface area contributed by atoms with Crippen LogP contribution in [0.3, 0.4) is 0 Å². The van der Waals surface area contributed by atoms with Gasteiger partial charge in [-0.1, -0.05) is 11.6 Å². The molecule has 3 heterocycles. The fourth-order valence-electron chi connectivity index (χ4n) is 2.40. The third-order valence-corrected chi connectivity index (χ3v) is 5.36. The summed E-state index contributed by atoms with van der Waals surface area (Å²) >= 11 is 6.48. The van der Waals surface area contributed by atoms with Crippen molar-refractivity contribution in [2.45, 2.75) is 19.1 Å². The number of carbonyl (C=O) groups is 2. The van der Waals surface area contributed by atoms with E-state index in [1.54, 1.807) is 13.0 Å². The molecule has 0 saturated carbocycles. The van der Waals surface area contributed by atoms with Gasteiger partial charge in [0.25, 0.3) is 11.8 Å². The lowest BCUT2D eigenvalue weighted by molar-refractivity contribution is -0.137. The summed E-state index contributed by atoms with van der Waals surface area (Å²) < 4.78 is 38.9. The standard InChI is InChI=1S/C18H14ClF3N6O2S/c1-8(27-15(29)12-4-9(23)2-3-24-12)17-26-7-13(31-17)16(30)28-14-5-10(18(20,21)22)11(19)6-25-14/h2-8H,1H3,(H2,23,24)(H,27,29)(H,25,28,30). The van der Waals surface area contributed by atoms with Gasteiger partial charge in [-0.3, -0.25) is 14.6 Å². The molecule has 0 spiro atoms. The Morgan fingerprint density at radius 2 is 1.90 bits per heavy atom. The van der Waals surface area contributed by atoms with Gasteiger partial charge in [0.1, 0.15) is 21.4 Å². The molecule has 0 aliphatic carbocycles. The van der Waals surface area contributed by atoms with Gasteiger partial charge in [0.2, 0.25) is 0 Å². The van der Waals surface area contributed by atoms with Crippen LogP contribution in [-0.2, 0) is 6.18 Å². The van der Waals surface area contributed by atoms with Crippen molar-refractivity contribution in [2.24, 2.45) is 0 Å². The minimum atomic E-state index is -4.69. The number of anilines is 2. The van der Waals surface area contributed by atoms with Gasteiger partial charge in [-0.2, -0.15) is 13.2 Å². The van der Waals surface area contributed by atoms with Crippen molar-refractivity contribution in [1.29, 1.82) is 0 Å². The van der Waals surface area contributed by atoms with Gasteiger partial charge in [-0.05, 0) is 25.1 Å². The Kier molecular flexibility index (Phi) is 6.41. The molecule has 0 aromatic carbocycles. The molecular formula is C18H14ClF3N6O2S. The molecule has 4 N–H and O–H groups in total. The van der Waals surface area contributed by atoms with Crippen LogP contribution in [0.15, 0.2) is 36.8 Å². The average Bonchev–Trinajstić information content (AvgIpc) is 3.19. The number of carbonyl (C=O) groups excluding carboxylic acids is 2. The second kappa shape index (κ2) is 8.86. The van der Waals surface area contributed by atoms with Crippen molar-refractivity contribution in [1.82, 2.24) is 20.3 Å². The summed E-state index contributed by atoms with van der Waals surface area (Å²) in [5, 5.41) is 4.78. The maximum absolute atomic E-state index is 13.0. The Morgan fingerprint density at radius 3 is 2.58 bits per heavy atom.